The van der Waals surface area contributed by atoms with Gasteiger partial charge in [0.2, 0.25) is 0 Å². The van der Waals surface area contributed by atoms with Crippen LogP contribution < -0.4 is 10.4 Å². The number of anilines is 1. The highest BCUT2D eigenvalue weighted by molar-refractivity contribution is 6.73. The third-order valence-corrected chi connectivity index (χ3v) is 7.16. The van der Waals surface area contributed by atoms with Gasteiger partial charge in [0.15, 0.2) is 0 Å². The molecule has 1 saturated heterocycles. The van der Waals surface area contributed by atoms with E-state index in [1.807, 2.05) is 24.3 Å². The number of ether oxygens (including phenoxy) is 1. The standard InChI is InChI=1S/C27H25BF3N2O3/c1-18-19(16-34)14-20(28(29,30)31)15-26(18)32-10-12-33(13-11-32)27(35)36-17-25-23-8-4-2-6-21(23)22-7-3-5-9-24(22)25/h2-9,14-16,25H,10-13,17H2,1H3/q-1. The molecule has 9 heteroatoms. The Kier molecular flexibility index (Phi) is 6.24. The van der Waals surface area contributed by atoms with E-state index >= 15 is 0 Å². The Bertz CT molecular complexity index is 1270. The van der Waals surface area contributed by atoms with Gasteiger partial charge in [0.05, 0.1) is 0 Å². The Morgan fingerprint density at radius 1 is 0.972 bits per heavy atom. The second-order valence-corrected chi connectivity index (χ2v) is 9.22. The summed E-state index contributed by atoms with van der Waals surface area (Å²) in [6, 6.07) is 18.2. The molecule has 2 aliphatic rings. The van der Waals surface area contributed by atoms with Gasteiger partial charge in [0.1, 0.15) is 12.9 Å². The van der Waals surface area contributed by atoms with Crippen LogP contribution in [-0.2, 0) is 4.74 Å². The molecular formula is C27H25BF3N2O3-. The molecule has 1 aliphatic carbocycles. The Hall–Kier alpha value is -3.75. The number of carbonyl (C=O) groups excluding carboxylic acids is 2. The minimum atomic E-state index is -5.24. The number of amides is 1. The number of nitrogens with zero attached hydrogens (tertiary/aromatic N) is 2. The lowest BCUT2D eigenvalue weighted by Gasteiger charge is -2.37. The van der Waals surface area contributed by atoms with Crippen molar-refractivity contribution in [2.75, 3.05) is 37.7 Å². The summed E-state index contributed by atoms with van der Waals surface area (Å²) in [4.78, 5) is 27.6. The average Bonchev–Trinajstić information content (AvgIpc) is 3.20. The first-order chi connectivity index (χ1) is 17.3. The van der Waals surface area contributed by atoms with E-state index in [1.165, 1.54) is 0 Å². The van der Waals surface area contributed by atoms with E-state index in [0.29, 0.717) is 43.7 Å². The second kappa shape index (κ2) is 9.37. The highest BCUT2D eigenvalue weighted by Crippen LogP contribution is 2.44. The third-order valence-electron chi connectivity index (χ3n) is 7.16. The van der Waals surface area contributed by atoms with Gasteiger partial charge in [0.25, 0.3) is 0 Å². The predicted molar refractivity (Wildman–Crippen MR) is 134 cm³/mol. The molecule has 0 atom stereocenters. The summed E-state index contributed by atoms with van der Waals surface area (Å²) in [5.74, 6) is -0.0426. The molecule has 0 saturated carbocycles. The minimum absolute atomic E-state index is 0.0284. The fourth-order valence-corrected chi connectivity index (χ4v) is 5.20. The molecule has 1 amide bonds. The molecule has 0 unspecified atom stereocenters. The van der Waals surface area contributed by atoms with Crippen molar-refractivity contribution in [3.8, 4) is 11.1 Å². The third kappa shape index (κ3) is 4.34. The smallest absolute Gasteiger partial charge is 0.448 e. The van der Waals surface area contributed by atoms with Gasteiger partial charge in [0, 0.05) is 43.3 Å². The maximum atomic E-state index is 13.4. The molecular weight excluding hydrogens is 468 g/mol. The topological polar surface area (TPSA) is 49.9 Å². The number of hydrogen-bond donors (Lipinski definition) is 0. The Labute approximate surface area is 207 Å². The van der Waals surface area contributed by atoms with Crippen LogP contribution in [0, 0.1) is 6.92 Å². The normalized spacial score (nSPS) is 15.4. The molecule has 1 fully saturated rings. The molecule has 36 heavy (non-hydrogen) atoms. The van der Waals surface area contributed by atoms with Gasteiger partial charge in [-0.3, -0.25) is 4.79 Å². The predicted octanol–water partition coefficient (Wildman–Crippen LogP) is 4.93. The van der Waals surface area contributed by atoms with E-state index in [1.54, 1.807) is 16.7 Å². The summed E-state index contributed by atoms with van der Waals surface area (Å²) in [6.45, 7) is -2.06. The molecule has 186 valence electrons. The van der Waals surface area contributed by atoms with Crippen LogP contribution in [0.3, 0.4) is 0 Å². The van der Waals surface area contributed by atoms with Crippen molar-refractivity contribution in [3.63, 3.8) is 0 Å². The van der Waals surface area contributed by atoms with Crippen LogP contribution in [0.1, 0.15) is 33.0 Å². The quantitative estimate of drug-likeness (QED) is 0.374. The molecule has 0 radical (unpaired) electrons. The van der Waals surface area contributed by atoms with Gasteiger partial charge in [-0.1, -0.05) is 60.7 Å². The first-order valence-corrected chi connectivity index (χ1v) is 11.9. The molecule has 1 heterocycles. The van der Waals surface area contributed by atoms with Crippen LogP contribution in [0.25, 0.3) is 11.1 Å². The van der Waals surface area contributed by atoms with E-state index in [4.69, 9.17) is 4.74 Å². The maximum Gasteiger partial charge on any atom is 0.509 e. The van der Waals surface area contributed by atoms with Gasteiger partial charge in [-0.15, -0.1) is 5.46 Å². The molecule has 0 spiro atoms. The molecule has 3 aromatic carbocycles. The van der Waals surface area contributed by atoms with Gasteiger partial charge >= 0.3 is 13.1 Å². The first-order valence-electron chi connectivity index (χ1n) is 11.9. The number of carbonyl (C=O) groups is 2. The summed E-state index contributed by atoms with van der Waals surface area (Å²) in [6.07, 6.45) is 0.0195. The summed E-state index contributed by atoms with van der Waals surface area (Å²) in [5, 5.41) is 0. The maximum absolute atomic E-state index is 13.4. The Morgan fingerprint density at radius 3 is 2.11 bits per heavy atom. The van der Waals surface area contributed by atoms with Gasteiger partial charge in [-0.2, -0.15) is 0 Å². The fraction of sp³-hybridized carbons (Fsp3) is 0.259. The minimum Gasteiger partial charge on any atom is -0.448 e. The fourth-order valence-electron chi connectivity index (χ4n) is 5.20. The van der Waals surface area contributed by atoms with Crippen LogP contribution in [0.5, 0.6) is 0 Å². The Morgan fingerprint density at radius 2 is 1.56 bits per heavy atom. The molecule has 5 rings (SSSR count). The van der Waals surface area contributed by atoms with E-state index in [9.17, 15) is 22.5 Å². The molecule has 0 N–H and O–H groups in total. The van der Waals surface area contributed by atoms with Crippen molar-refractivity contribution < 1.29 is 27.3 Å². The van der Waals surface area contributed by atoms with Crippen molar-refractivity contribution in [2.45, 2.75) is 12.8 Å². The van der Waals surface area contributed by atoms with Gasteiger partial charge in [-0.25, -0.2) is 4.79 Å². The van der Waals surface area contributed by atoms with Crippen molar-refractivity contribution in [1.29, 1.82) is 0 Å². The average molecular weight is 493 g/mol. The monoisotopic (exact) mass is 493 g/mol. The Balaban J connectivity index is 1.25. The summed E-state index contributed by atoms with van der Waals surface area (Å²) in [7, 11) is 0. The van der Waals surface area contributed by atoms with Crippen molar-refractivity contribution in [2.24, 2.45) is 0 Å². The van der Waals surface area contributed by atoms with Gasteiger partial charge in [-0.05, 0) is 34.7 Å². The number of piperazine rings is 1. The van der Waals surface area contributed by atoms with Crippen molar-refractivity contribution in [1.82, 2.24) is 4.90 Å². The van der Waals surface area contributed by atoms with Crippen LogP contribution in [-0.4, -0.2) is 57.0 Å². The van der Waals surface area contributed by atoms with Crippen molar-refractivity contribution >= 4 is 30.5 Å². The lowest BCUT2D eigenvalue weighted by molar-refractivity contribution is 0.0976. The zero-order chi connectivity index (χ0) is 25.4. The molecule has 5 nitrogen and oxygen atoms in total. The van der Waals surface area contributed by atoms with Crippen molar-refractivity contribution in [3.05, 3.63) is 82.9 Å². The number of aldehydes is 1. The van der Waals surface area contributed by atoms with Crippen LogP contribution in [0.2, 0.25) is 0 Å². The summed E-state index contributed by atoms with van der Waals surface area (Å²) >= 11 is 0. The SMILES string of the molecule is Cc1c(C=O)cc([B-](F)(F)F)cc1N1CCN(C(=O)OCC2c3ccccc3-c3ccccc32)CC1. The zero-order valence-electron chi connectivity index (χ0n) is 19.8. The van der Waals surface area contributed by atoms with Crippen LogP contribution in [0.4, 0.5) is 23.4 Å². The largest absolute Gasteiger partial charge is 0.509 e. The zero-order valence-corrected chi connectivity index (χ0v) is 19.8. The number of benzene rings is 3. The lowest BCUT2D eigenvalue weighted by atomic mass is 9.78. The number of rotatable bonds is 5. The number of halogens is 3. The van der Waals surface area contributed by atoms with Gasteiger partial charge < -0.3 is 27.5 Å². The van der Waals surface area contributed by atoms with E-state index in [-0.39, 0.29) is 18.1 Å². The highest BCUT2D eigenvalue weighted by Gasteiger charge is 2.32. The van der Waals surface area contributed by atoms with E-state index in [2.05, 4.69) is 24.3 Å². The molecule has 0 aromatic heterocycles. The second-order valence-electron chi connectivity index (χ2n) is 9.22. The molecule has 1 aliphatic heterocycles. The highest BCUT2D eigenvalue weighted by atomic mass is 19.4. The number of fused-ring (bicyclic) bond motifs is 3. The molecule has 0 bridgehead atoms. The van der Waals surface area contributed by atoms with E-state index in [0.717, 1.165) is 34.4 Å². The van der Waals surface area contributed by atoms with Crippen LogP contribution in [0.15, 0.2) is 60.7 Å². The molecule has 3 aromatic rings. The first kappa shape index (κ1) is 24.0. The summed E-state index contributed by atoms with van der Waals surface area (Å²) < 4.78 is 45.9. The number of hydrogen-bond acceptors (Lipinski definition) is 4. The van der Waals surface area contributed by atoms with E-state index < -0.39 is 18.5 Å². The lowest BCUT2D eigenvalue weighted by Crippen LogP contribution is -2.49. The summed E-state index contributed by atoms with van der Waals surface area (Å²) in [5.41, 5.74) is 4.67. The van der Waals surface area contributed by atoms with Crippen LogP contribution >= 0.6 is 0 Å².